The predicted molar refractivity (Wildman–Crippen MR) is 77.4 cm³/mol. The van der Waals surface area contributed by atoms with Gasteiger partial charge in [-0.2, -0.15) is 0 Å². The molecule has 88 valence electrons. The molecule has 0 bridgehead atoms. The molecule has 17 heavy (non-hydrogen) atoms. The van der Waals surface area contributed by atoms with Crippen molar-refractivity contribution in [3.05, 3.63) is 57.7 Å². The minimum Gasteiger partial charge on any atom is -0.248 e. The van der Waals surface area contributed by atoms with Crippen molar-refractivity contribution in [3.63, 3.8) is 0 Å². The third kappa shape index (κ3) is 3.33. The van der Waals surface area contributed by atoms with Crippen molar-refractivity contribution in [1.29, 1.82) is 0 Å². The molecule has 2 rings (SSSR count). The van der Waals surface area contributed by atoms with Gasteiger partial charge in [0, 0.05) is 11.9 Å². The van der Waals surface area contributed by atoms with Gasteiger partial charge in [0.2, 0.25) is 0 Å². The van der Waals surface area contributed by atoms with Crippen LogP contribution in [0.2, 0.25) is 0 Å². The predicted octanol–water partition coefficient (Wildman–Crippen LogP) is 4.75. The van der Waals surface area contributed by atoms with Gasteiger partial charge in [0.15, 0.2) is 0 Å². The second-order valence-corrected chi connectivity index (χ2v) is 5.83. The highest BCUT2D eigenvalue weighted by molar-refractivity contribution is 9.10. The molecule has 0 atom stereocenters. The van der Waals surface area contributed by atoms with Gasteiger partial charge in [-0.3, -0.25) is 0 Å². The van der Waals surface area contributed by atoms with Crippen LogP contribution in [0.25, 0.3) is 0 Å². The zero-order chi connectivity index (χ0) is 12.3. The summed E-state index contributed by atoms with van der Waals surface area (Å²) >= 11 is 5.32. The number of rotatable bonds is 3. The third-order valence-electron chi connectivity index (χ3n) is 2.57. The van der Waals surface area contributed by atoms with Crippen LogP contribution in [0.5, 0.6) is 0 Å². The Labute approximate surface area is 115 Å². The van der Waals surface area contributed by atoms with Crippen molar-refractivity contribution in [1.82, 2.24) is 4.98 Å². The molecule has 0 radical (unpaired) electrons. The fourth-order valence-corrected chi connectivity index (χ4v) is 3.29. The van der Waals surface area contributed by atoms with E-state index in [4.69, 9.17) is 0 Å². The smallest absolute Gasteiger partial charge is 0.111 e. The molecule has 0 saturated heterocycles. The van der Waals surface area contributed by atoms with Crippen LogP contribution in [0, 0.1) is 13.8 Å². The first-order valence-corrected chi connectivity index (χ1v) is 7.24. The summed E-state index contributed by atoms with van der Waals surface area (Å²) in [5.41, 5.74) is 3.88. The van der Waals surface area contributed by atoms with Crippen molar-refractivity contribution in [2.45, 2.75) is 24.6 Å². The summed E-state index contributed by atoms with van der Waals surface area (Å²) in [6, 6.07) is 10.6. The standard InChI is InChI=1S/C14H14BrNS/c1-10-7-13(15)14(16-8-10)17-9-12-6-4-3-5-11(12)2/h3-8H,9H2,1-2H3. The molecule has 1 aromatic heterocycles. The lowest BCUT2D eigenvalue weighted by molar-refractivity contribution is 1.08. The van der Waals surface area contributed by atoms with Crippen molar-refractivity contribution in [2.24, 2.45) is 0 Å². The summed E-state index contributed by atoms with van der Waals surface area (Å²) < 4.78 is 1.08. The van der Waals surface area contributed by atoms with Crippen molar-refractivity contribution < 1.29 is 0 Å². The molecule has 1 heterocycles. The zero-order valence-electron chi connectivity index (χ0n) is 9.90. The highest BCUT2D eigenvalue weighted by Crippen LogP contribution is 2.29. The number of aryl methyl sites for hydroxylation is 2. The van der Waals surface area contributed by atoms with Gasteiger partial charge in [-0.25, -0.2) is 4.98 Å². The Balaban J connectivity index is 2.10. The van der Waals surface area contributed by atoms with E-state index < -0.39 is 0 Å². The third-order valence-corrected chi connectivity index (χ3v) is 4.49. The topological polar surface area (TPSA) is 12.9 Å². The molecule has 2 aromatic rings. The van der Waals surface area contributed by atoms with Crippen molar-refractivity contribution >= 4 is 27.7 Å². The van der Waals surface area contributed by atoms with E-state index >= 15 is 0 Å². The summed E-state index contributed by atoms with van der Waals surface area (Å²) in [6.07, 6.45) is 1.91. The first kappa shape index (κ1) is 12.7. The Morgan fingerprint density at radius 2 is 2.00 bits per heavy atom. The summed E-state index contributed by atoms with van der Waals surface area (Å²) in [4.78, 5) is 4.44. The van der Waals surface area contributed by atoms with E-state index in [1.165, 1.54) is 16.7 Å². The van der Waals surface area contributed by atoms with Gasteiger partial charge < -0.3 is 0 Å². The van der Waals surface area contributed by atoms with E-state index in [1.807, 2.05) is 13.1 Å². The van der Waals surface area contributed by atoms with Crippen LogP contribution in [0.4, 0.5) is 0 Å². The number of hydrogen-bond donors (Lipinski definition) is 0. The van der Waals surface area contributed by atoms with Gasteiger partial charge in [-0.15, -0.1) is 11.8 Å². The lowest BCUT2D eigenvalue weighted by Crippen LogP contribution is -1.88. The Morgan fingerprint density at radius 3 is 2.71 bits per heavy atom. The highest BCUT2D eigenvalue weighted by atomic mass is 79.9. The van der Waals surface area contributed by atoms with Gasteiger partial charge in [0.25, 0.3) is 0 Å². The molecule has 0 N–H and O–H groups in total. The molecule has 0 fully saturated rings. The molecular weight excluding hydrogens is 294 g/mol. The lowest BCUT2D eigenvalue weighted by Gasteiger charge is -2.06. The summed E-state index contributed by atoms with van der Waals surface area (Å²) in [7, 11) is 0. The Hall–Kier alpha value is -0.800. The molecule has 0 aliphatic heterocycles. The van der Waals surface area contributed by atoms with Crippen LogP contribution in [0.3, 0.4) is 0 Å². The van der Waals surface area contributed by atoms with E-state index in [9.17, 15) is 0 Å². The van der Waals surface area contributed by atoms with Crippen molar-refractivity contribution in [3.8, 4) is 0 Å². The Kier molecular flexibility index (Phi) is 4.24. The van der Waals surface area contributed by atoms with E-state index in [0.29, 0.717) is 0 Å². The average molecular weight is 308 g/mol. The van der Waals surface area contributed by atoms with Gasteiger partial charge in [-0.05, 0) is 52.5 Å². The van der Waals surface area contributed by atoms with Crippen molar-refractivity contribution in [2.75, 3.05) is 0 Å². The Morgan fingerprint density at radius 1 is 1.24 bits per heavy atom. The normalized spacial score (nSPS) is 10.5. The number of hydrogen-bond acceptors (Lipinski definition) is 2. The maximum absolute atomic E-state index is 4.44. The van der Waals surface area contributed by atoms with Crippen LogP contribution in [-0.2, 0) is 5.75 Å². The largest absolute Gasteiger partial charge is 0.248 e. The minimum absolute atomic E-state index is 0.960. The molecule has 0 amide bonds. The molecule has 1 aromatic carbocycles. The molecule has 0 saturated carbocycles. The molecule has 0 aliphatic carbocycles. The van der Waals surface area contributed by atoms with E-state index in [-0.39, 0.29) is 0 Å². The SMILES string of the molecule is Cc1cnc(SCc2ccccc2C)c(Br)c1. The second-order valence-electron chi connectivity index (χ2n) is 4.01. The van der Waals surface area contributed by atoms with Gasteiger partial charge in [-0.1, -0.05) is 24.3 Å². The number of nitrogens with zero attached hydrogens (tertiary/aromatic N) is 1. The number of aromatic nitrogens is 1. The second kappa shape index (κ2) is 5.69. The van der Waals surface area contributed by atoms with Gasteiger partial charge in [0.05, 0.1) is 4.47 Å². The van der Waals surface area contributed by atoms with Crippen LogP contribution < -0.4 is 0 Å². The molecule has 0 spiro atoms. The first-order chi connectivity index (χ1) is 8.16. The molecule has 1 nitrogen and oxygen atoms in total. The zero-order valence-corrected chi connectivity index (χ0v) is 12.3. The van der Waals surface area contributed by atoms with Crippen LogP contribution >= 0.6 is 27.7 Å². The van der Waals surface area contributed by atoms with Crippen LogP contribution in [0.1, 0.15) is 16.7 Å². The highest BCUT2D eigenvalue weighted by Gasteiger charge is 2.04. The monoisotopic (exact) mass is 307 g/mol. The maximum Gasteiger partial charge on any atom is 0.111 e. The van der Waals surface area contributed by atoms with E-state index in [1.54, 1.807) is 11.8 Å². The molecular formula is C14H14BrNS. The van der Waals surface area contributed by atoms with Gasteiger partial charge >= 0.3 is 0 Å². The molecule has 0 unspecified atom stereocenters. The fourth-order valence-electron chi connectivity index (χ4n) is 1.55. The lowest BCUT2D eigenvalue weighted by atomic mass is 10.1. The number of thioether (sulfide) groups is 1. The minimum atomic E-state index is 0.960. The number of pyridine rings is 1. The van der Waals surface area contributed by atoms with E-state index in [2.05, 4.69) is 58.2 Å². The fraction of sp³-hybridized carbons (Fsp3) is 0.214. The summed E-state index contributed by atoms with van der Waals surface area (Å²) in [5, 5.41) is 1.05. The van der Waals surface area contributed by atoms with Gasteiger partial charge in [0.1, 0.15) is 5.03 Å². The van der Waals surface area contributed by atoms with Crippen LogP contribution in [0.15, 0.2) is 46.0 Å². The quantitative estimate of drug-likeness (QED) is 0.759. The molecule has 0 aliphatic rings. The summed E-state index contributed by atoms with van der Waals surface area (Å²) in [5.74, 6) is 0.960. The first-order valence-electron chi connectivity index (χ1n) is 5.46. The van der Waals surface area contributed by atoms with E-state index in [0.717, 1.165) is 15.3 Å². The average Bonchev–Trinajstić information content (AvgIpc) is 2.30. The maximum atomic E-state index is 4.44. The molecule has 3 heteroatoms. The Bertz CT molecular complexity index is 525. The van der Waals surface area contributed by atoms with Crippen LogP contribution in [-0.4, -0.2) is 4.98 Å². The summed E-state index contributed by atoms with van der Waals surface area (Å²) in [6.45, 7) is 4.20. The number of benzene rings is 1. The number of halogens is 1.